The highest BCUT2D eigenvalue weighted by molar-refractivity contribution is 5.76. The molecule has 1 aromatic rings. The highest BCUT2D eigenvalue weighted by Gasteiger charge is 2.37. The van der Waals surface area contributed by atoms with Gasteiger partial charge in [-0.2, -0.15) is 0 Å². The summed E-state index contributed by atoms with van der Waals surface area (Å²) in [6.45, 7) is 1.13. The first-order chi connectivity index (χ1) is 10.2. The lowest BCUT2D eigenvalue weighted by molar-refractivity contribution is -0.124. The lowest BCUT2D eigenvalue weighted by atomic mass is 9.65. The Morgan fingerprint density at radius 1 is 1.38 bits per heavy atom. The summed E-state index contributed by atoms with van der Waals surface area (Å²) in [7, 11) is 1.59. The average Bonchev–Trinajstić information content (AvgIpc) is 2.48. The minimum atomic E-state index is -0.184. The van der Waals surface area contributed by atoms with E-state index in [4.69, 9.17) is 10.5 Å². The van der Waals surface area contributed by atoms with E-state index in [1.54, 1.807) is 7.11 Å². The molecule has 1 aromatic carbocycles. The van der Waals surface area contributed by atoms with Gasteiger partial charge in [0.2, 0.25) is 5.91 Å². The van der Waals surface area contributed by atoms with Crippen molar-refractivity contribution in [3.63, 3.8) is 0 Å². The van der Waals surface area contributed by atoms with Crippen molar-refractivity contribution in [2.75, 3.05) is 20.2 Å². The summed E-state index contributed by atoms with van der Waals surface area (Å²) in [6, 6.07) is 10.5. The SMILES string of the molecule is COC(CN)CC(=O)NCC1(Cc2ccccc2)CCC1. The molecular formula is C17H26N2O2. The first kappa shape index (κ1) is 16.0. The van der Waals surface area contributed by atoms with Crippen LogP contribution in [-0.2, 0) is 16.0 Å². The number of hydrogen-bond acceptors (Lipinski definition) is 3. The van der Waals surface area contributed by atoms with Crippen LogP contribution in [0.2, 0.25) is 0 Å². The summed E-state index contributed by atoms with van der Waals surface area (Å²) >= 11 is 0. The van der Waals surface area contributed by atoms with Gasteiger partial charge in [0.15, 0.2) is 0 Å². The Kier molecular flexibility index (Phi) is 5.76. The van der Waals surface area contributed by atoms with E-state index in [9.17, 15) is 4.79 Å². The molecule has 1 aliphatic rings. The van der Waals surface area contributed by atoms with E-state index in [0.29, 0.717) is 13.0 Å². The average molecular weight is 290 g/mol. The molecule has 1 saturated carbocycles. The van der Waals surface area contributed by atoms with E-state index in [1.807, 2.05) is 6.07 Å². The standard InChI is InChI=1S/C17H26N2O2/c1-21-15(12-18)10-16(20)19-13-17(8-5-9-17)11-14-6-3-2-4-7-14/h2-4,6-7,15H,5,8-13,18H2,1H3,(H,19,20). The van der Waals surface area contributed by atoms with E-state index < -0.39 is 0 Å². The number of hydrogen-bond donors (Lipinski definition) is 2. The van der Waals surface area contributed by atoms with E-state index in [0.717, 1.165) is 13.0 Å². The topological polar surface area (TPSA) is 64.3 Å². The van der Waals surface area contributed by atoms with Gasteiger partial charge < -0.3 is 15.8 Å². The van der Waals surface area contributed by atoms with Gasteiger partial charge in [0.1, 0.15) is 0 Å². The van der Waals surface area contributed by atoms with Crippen molar-refractivity contribution in [1.29, 1.82) is 0 Å². The zero-order valence-electron chi connectivity index (χ0n) is 12.8. The van der Waals surface area contributed by atoms with Gasteiger partial charge in [0.05, 0.1) is 12.5 Å². The number of ether oxygens (including phenoxy) is 1. The predicted octanol–water partition coefficient (Wildman–Crippen LogP) is 1.88. The summed E-state index contributed by atoms with van der Waals surface area (Å²) in [5.41, 5.74) is 7.14. The van der Waals surface area contributed by atoms with Crippen LogP contribution in [0.4, 0.5) is 0 Å². The Morgan fingerprint density at radius 2 is 2.10 bits per heavy atom. The zero-order chi connectivity index (χ0) is 15.1. The normalized spacial score (nSPS) is 17.8. The van der Waals surface area contributed by atoms with E-state index >= 15 is 0 Å². The minimum absolute atomic E-state index is 0.0339. The molecule has 4 heteroatoms. The molecule has 1 unspecified atom stereocenters. The van der Waals surface area contributed by atoms with Gasteiger partial charge in [-0.3, -0.25) is 4.79 Å². The van der Waals surface area contributed by atoms with Crippen LogP contribution in [0.25, 0.3) is 0 Å². The number of methoxy groups -OCH3 is 1. The third kappa shape index (κ3) is 4.55. The van der Waals surface area contributed by atoms with Crippen LogP contribution in [0, 0.1) is 5.41 Å². The molecule has 3 N–H and O–H groups in total. The summed E-state index contributed by atoms with van der Waals surface area (Å²) < 4.78 is 5.15. The molecule has 0 saturated heterocycles. The van der Waals surface area contributed by atoms with Gasteiger partial charge in [0, 0.05) is 20.2 Å². The Hall–Kier alpha value is -1.39. The molecule has 2 rings (SSSR count). The fourth-order valence-corrected chi connectivity index (χ4v) is 2.95. The molecule has 1 atom stereocenters. The van der Waals surface area contributed by atoms with Crippen LogP contribution < -0.4 is 11.1 Å². The third-order valence-electron chi connectivity index (χ3n) is 4.51. The van der Waals surface area contributed by atoms with Gasteiger partial charge in [-0.15, -0.1) is 0 Å². The maximum Gasteiger partial charge on any atom is 0.222 e. The van der Waals surface area contributed by atoms with Gasteiger partial charge in [-0.25, -0.2) is 0 Å². The Morgan fingerprint density at radius 3 is 2.62 bits per heavy atom. The molecule has 116 valence electrons. The van der Waals surface area contributed by atoms with E-state index in [-0.39, 0.29) is 17.4 Å². The van der Waals surface area contributed by atoms with Crippen LogP contribution >= 0.6 is 0 Å². The maximum atomic E-state index is 12.0. The van der Waals surface area contributed by atoms with Crippen LogP contribution in [-0.4, -0.2) is 32.2 Å². The molecule has 0 heterocycles. The zero-order valence-corrected chi connectivity index (χ0v) is 12.8. The Bertz CT molecular complexity index is 439. The number of benzene rings is 1. The molecule has 1 fully saturated rings. The van der Waals surface area contributed by atoms with Crippen molar-refractivity contribution in [1.82, 2.24) is 5.32 Å². The van der Waals surface area contributed by atoms with Gasteiger partial charge >= 0.3 is 0 Å². The second-order valence-corrected chi connectivity index (χ2v) is 6.09. The molecule has 0 aromatic heterocycles. The third-order valence-corrected chi connectivity index (χ3v) is 4.51. The van der Waals surface area contributed by atoms with Gasteiger partial charge in [-0.05, 0) is 30.2 Å². The quantitative estimate of drug-likeness (QED) is 0.768. The van der Waals surface area contributed by atoms with Gasteiger partial charge in [-0.1, -0.05) is 36.8 Å². The fraction of sp³-hybridized carbons (Fsp3) is 0.588. The maximum absolute atomic E-state index is 12.0. The lowest BCUT2D eigenvalue weighted by Gasteiger charge is -2.42. The van der Waals surface area contributed by atoms with Crippen molar-refractivity contribution >= 4 is 5.91 Å². The second-order valence-electron chi connectivity index (χ2n) is 6.09. The summed E-state index contributed by atoms with van der Waals surface area (Å²) in [5, 5.41) is 3.07. The molecule has 4 nitrogen and oxygen atoms in total. The molecule has 1 aliphatic carbocycles. The monoisotopic (exact) mass is 290 g/mol. The van der Waals surface area contributed by atoms with Crippen molar-refractivity contribution in [3.05, 3.63) is 35.9 Å². The molecule has 0 spiro atoms. The number of nitrogens with two attached hydrogens (primary N) is 1. The van der Waals surface area contributed by atoms with Crippen molar-refractivity contribution in [2.45, 2.75) is 38.2 Å². The number of carbonyl (C=O) groups excluding carboxylic acids is 1. The number of nitrogens with one attached hydrogen (secondary N) is 1. The molecule has 1 amide bonds. The summed E-state index contributed by atoms with van der Waals surface area (Å²) in [6.07, 6.45) is 4.83. The summed E-state index contributed by atoms with van der Waals surface area (Å²) in [5.74, 6) is 0.0339. The Balaban J connectivity index is 1.83. The smallest absolute Gasteiger partial charge is 0.222 e. The highest BCUT2D eigenvalue weighted by atomic mass is 16.5. The number of rotatable bonds is 8. The summed E-state index contributed by atoms with van der Waals surface area (Å²) in [4.78, 5) is 12.0. The van der Waals surface area contributed by atoms with Crippen molar-refractivity contribution in [2.24, 2.45) is 11.1 Å². The predicted molar refractivity (Wildman–Crippen MR) is 83.9 cm³/mol. The first-order valence-electron chi connectivity index (χ1n) is 7.71. The highest BCUT2D eigenvalue weighted by Crippen LogP contribution is 2.43. The van der Waals surface area contributed by atoms with Crippen LogP contribution in [0.15, 0.2) is 30.3 Å². The first-order valence-corrected chi connectivity index (χ1v) is 7.71. The molecule has 0 aliphatic heterocycles. The van der Waals surface area contributed by atoms with Crippen molar-refractivity contribution in [3.8, 4) is 0 Å². The fourth-order valence-electron chi connectivity index (χ4n) is 2.95. The van der Waals surface area contributed by atoms with E-state index in [2.05, 4.69) is 29.6 Å². The number of carbonyl (C=O) groups is 1. The molecular weight excluding hydrogens is 264 g/mol. The van der Waals surface area contributed by atoms with E-state index in [1.165, 1.54) is 24.8 Å². The minimum Gasteiger partial charge on any atom is -0.380 e. The lowest BCUT2D eigenvalue weighted by Crippen LogP contribution is -2.44. The molecule has 0 bridgehead atoms. The largest absolute Gasteiger partial charge is 0.380 e. The molecule has 21 heavy (non-hydrogen) atoms. The second kappa shape index (κ2) is 7.57. The molecule has 0 radical (unpaired) electrons. The van der Waals surface area contributed by atoms with Crippen molar-refractivity contribution < 1.29 is 9.53 Å². The number of amides is 1. The van der Waals surface area contributed by atoms with Gasteiger partial charge in [0.25, 0.3) is 0 Å². The van der Waals surface area contributed by atoms with Crippen LogP contribution in [0.3, 0.4) is 0 Å². The van der Waals surface area contributed by atoms with Crippen LogP contribution in [0.5, 0.6) is 0 Å². The van der Waals surface area contributed by atoms with Crippen LogP contribution in [0.1, 0.15) is 31.2 Å². The Labute approximate surface area is 127 Å².